The number of hydrogen-bond donors (Lipinski definition) is 1. The Labute approximate surface area is 190 Å². The standard InChI is InChI=1S/C25H22N2O4S/c1-27(2)25(29)32-19-14-12-17(13-15-19)26-24(28)23-21(16-30-18-8-4-3-5-9-18)20-10-6-7-11-22(20)31-23/h3-15H,16H2,1-2H3,(H,26,28). The van der Waals surface area contributed by atoms with Gasteiger partial charge >= 0.3 is 0 Å². The highest BCUT2D eigenvalue weighted by Gasteiger charge is 2.21. The number of nitrogens with one attached hydrogen (secondary N) is 1. The Morgan fingerprint density at radius 2 is 1.62 bits per heavy atom. The van der Waals surface area contributed by atoms with Gasteiger partial charge < -0.3 is 19.4 Å². The van der Waals surface area contributed by atoms with Gasteiger partial charge in [-0.2, -0.15) is 0 Å². The van der Waals surface area contributed by atoms with Gasteiger partial charge in [-0.15, -0.1) is 0 Å². The molecule has 0 aliphatic heterocycles. The molecule has 0 fully saturated rings. The van der Waals surface area contributed by atoms with Crippen molar-refractivity contribution in [1.29, 1.82) is 0 Å². The van der Waals surface area contributed by atoms with E-state index >= 15 is 0 Å². The van der Waals surface area contributed by atoms with Gasteiger partial charge in [0.25, 0.3) is 11.1 Å². The third kappa shape index (κ3) is 4.95. The van der Waals surface area contributed by atoms with Gasteiger partial charge in [0.05, 0.1) is 0 Å². The Morgan fingerprint density at radius 3 is 2.34 bits per heavy atom. The van der Waals surface area contributed by atoms with Gasteiger partial charge in [0.2, 0.25) is 0 Å². The van der Waals surface area contributed by atoms with E-state index in [1.54, 1.807) is 38.4 Å². The van der Waals surface area contributed by atoms with Crippen molar-refractivity contribution in [3.63, 3.8) is 0 Å². The lowest BCUT2D eigenvalue weighted by Crippen LogP contribution is -2.16. The lowest BCUT2D eigenvalue weighted by atomic mass is 10.1. The highest BCUT2D eigenvalue weighted by Crippen LogP contribution is 2.29. The van der Waals surface area contributed by atoms with E-state index in [1.807, 2.05) is 54.6 Å². The molecule has 4 rings (SSSR count). The topological polar surface area (TPSA) is 71.8 Å². The summed E-state index contributed by atoms with van der Waals surface area (Å²) in [5.41, 5.74) is 1.91. The molecule has 0 atom stereocenters. The van der Waals surface area contributed by atoms with E-state index in [-0.39, 0.29) is 23.5 Å². The first kappa shape index (κ1) is 21.5. The number of para-hydroxylation sites is 2. The molecule has 0 spiro atoms. The van der Waals surface area contributed by atoms with E-state index < -0.39 is 0 Å². The molecule has 162 valence electrons. The Hall–Kier alpha value is -3.71. The minimum absolute atomic E-state index is 0.0629. The van der Waals surface area contributed by atoms with Crippen molar-refractivity contribution >= 4 is 39.6 Å². The molecule has 0 aliphatic carbocycles. The van der Waals surface area contributed by atoms with Crippen LogP contribution >= 0.6 is 11.8 Å². The number of nitrogens with zero attached hydrogens (tertiary/aromatic N) is 1. The van der Waals surface area contributed by atoms with Gasteiger partial charge in [-0.1, -0.05) is 36.4 Å². The summed E-state index contributed by atoms with van der Waals surface area (Å²) in [5, 5.41) is 3.64. The quantitative estimate of drug-likeness (QED) is 0.366. The summed E-state index contributed by atoms with van der Waals surface area (Å²) in [4.78, 5) is 27.2. The van der Waals surface area contributed by atoms with Gasteiger partial charge in [-0.05, 0) is 54.2 Å². The van der Waals surface area contributed by atoms with Gasteiger partial charge in [-0.3, -0.25) is 9.59 Å². The largest absolute Gasteiger partial charge is 0.489 e. The fourth-order valence-corrected chi connectivity index (χ4v) is 3.74. The second-order valence-electron chi connectivity index (χ2n) is 7.25. The van der Waals surface area contributed by atoms with Crippen LogP contribution in [-0.2, 0) is 6.61 Å². The van der Waals surface area contributed by atoms with Crippen LogP contribution in [0.25, 0.3) is 11.0 Å². The second kappa shape index (κ2) is 9.62. The van der Waals surface area contributed by atoms with Crippen molar-refractivity contribution in [3.05, 3.63) is 90.2 Å². The van der Waals surface area contributed by atoms with Gasteiger partial charge in [0.1, 0.15) is 17.9 Å². The molecule has 0 bridgehead atoms. The minimum Gasteiger partial charge on any atom is -0.489 e. The van der Waals surface area contributed by atoms with Crippen LogP contribution in [0.15, 0.2) is 88.2 Å². The van der Waals surface area contributed by atoms with Gasteiger partial charge in [0, 0.05) is 35.6 Å². The summed E-state index contributed by atoms with van der Waals surface area (Å²) in [6, 6.07) is 24.0. The van der Waals surface area contributed by atoms with Crippen LogP contribution in [0.3, 0.4) is 0 Å². The van der Waals surface area contributed by atoms with Crippen molar-refractivity contribution < 1.29 is 18.7 Å². The highest BCUT2D eigenvalue weighted by atomic mass is 32.2. The number of thioether (sulfide) groups is 1. The van der Waals surface area contributed by atoms with Crippen molar-refractivity contribution in [2.45, 2.75) is 11.5 Å². The molecular weight excluding hydrogens is 424 g/mol. The molecule has 1 N–H and O–H groups in total. The molecule has 0 saturated carbocycles. The molecule has 2 amide bonds. The molecule has 0 radical (unpaired) electrons. The Morgan fingerprint density at radius 1 is 0.938 bits per heavy atom. The first-order valence-corrected chi connectivity index (χ1v) is 10.8. The number of ether oxygens (including phenoxy) is 1. The molecule has 32 heavy (non-hydrogen) atoms. The predicted molar refractivity (Wildman–Crippen MR) is 126 cm³/mol. The number of hydrogen-bond acceptors (Lipinski definition) is 5. The second-order valence-corrected chi connectivity index (χ2v) is 8.27. The summed E-state index contributed by atoms with van der Waals surface area (Å²) in [5.74, 6) is 0.561. The number of amides is 2. The van der Waals surface area contributed by atoms with Crippen molar-refractivity contribution in [2.75, 3.05) is 19.4 Å². The van der Waals surface area contributed by atoms with Crippen LogP contribution in [0.5, 0.6) is 5.75 Å². The molecule has 4 aromatic rings. The highest BCUT2D eigenvalue weighted by molar-refractivity contribution is 8.13. The van der Waals surface area contributed by atoms with Crippen LogP contribution < -0.4 is 10.1 Å². The average Bonchev–Trinajstić information content (AvgIpc) is 3.18. The molecule has 0 aliphatic rings. The lowest BCUT2D eigenvalue weighted by Gasteiger charge is -2.10. The fourth-order valence-electron chi connectivity index (χ4n) is 3.08. The molecule has 6 nitrogen and oxygen atoms in total. The van der Waals surface area contributed by atoms with Crippen molar-refractivity contribution in [2.24, 2.45) is 0 Å². The summed E-state index contributed by atoms with van der Waals surface area (Å²) >= 11 is 1.12. The number of furan rings is 1. The maximum absolute atomic E-state index is 13.0. The molecule has 1 heterocycles. The molecule has 7 heteroatoms. The van der Waals surface area contributed by atoms with Crippen molar-refractivity contribution in [1.82, 2.24) is 4.90 Å². The molecule has 1 aromatic heterocycles. The summed E-state index contributed by atoms with van der Waals surface area (Å²) in [6.07, 6.45) is 0. The number of carbonyl (C=O) groups excluding carboxylic acids is 2. The first-order chi connectivity index (χ1) is 15.5. The van der Waals surface area contributed by atoms with Gasteiger partial charge in [0.15, 0.2) is 5.76 Å². The third-order valence-electron chi connectivity index (χ3n) is 4.71. The summed E-state index contributed by atoms with van der Waals surface area (Å²) in [7, 11) is 3.41. The minimum atomic E-state index is -0.363. The smallest absolute Gasteiger partial charge is 0.291 e. The summed E-state index contributed by atoms with van der Waals surface area (Å²) in [6.45, 7) is 0.200. The van der Waals surface area contributed by atoms with Crippen LogP contribution in [0, 0.1) is 0 Å². The number of benzene rings is 3. The fraction of sp³-hybridized carbons (Fsp3) is 0.120. The van der Waals surface area contributed by atoms with Crippen LogP contribution in [0.1, 0.15) is 16.1 Å². The maximum Gasteiger partial charge on any atom is 0.291 e. The zero-order valence-corrected chi connectivity index (χ0v) is 18.5. The van der Waals surface area contributed by atoms with Crippen LogP contribution in [0.2, 0.25) is 0 Å². The van der Waals surface area contributed by atoms with Crippen molar-refractivity contribution in [3.8, 4) is 5.75 Å². The number of anilines is 1. The summed E-state index contributed by atoms with van der Waals surface area (Å²) < 4.78 is 11.8. The SMILES string of the molecule is CN(C)C(=O)Sc1ccc(NC(=O)c2oc3ccccc3c2COc2ccccc2)cc1. The van der Waals surface area contributed by atoms with Crippen LogP contribution in [0.4, 0.5) is 10.5 Å². The zero-order chi connectivity index (χ0) is 22.5. The Balaban J connectivity index is 1.53. The normalized spacial score (nSPS) is 10.7. The molecule has 0 unspecified atom stereocenters. The Kier molecular flexibility index (Phi) is 6.47. The molecule has 3 aromatic carbocycles. The number of carbonyl (C=O) groups is 2. The third-order valence-corrected chi connectivity index (χ3v) is 5.76. The van der Waals surface area contributed by atoms with Crippen LogP contribution in [-0.4, -0.2) is 30.1 Å². The van der Waals surface area contributed by atoms with E-state index in [0.29, 0.717) is 22.6 Å². The maximum atomic E-state index is 13.0. The number of fused-ring (bicyclic) bond motifs is 1. The lowest BCUT2D eigenvalue weighted by molar-refractivity contribution is 0.0995. The monoisotopic (exact) mass is 446 g/mol. The molecule has 0 saturated heterocycles. The van der Waals surface area contributed by atoms with E-state index in [9.17, 15) is 9.59 Å². The Bertz CT molecular complexity index is 1230. The zero-order valence-electron chi connectivity index (χ0n) is 17.7. The van der Waals surface area contributed by atoms with E-state index in [2.05, 4.69) is 5.32 Å². The average molecular weight is 447 g/mol. The van der Waals surface area contributed by atoms with E-state index in [1.165, 1.54) is 4.90 Å². The first-order valence-electron chi connectivity index (χ1n) is 10.00. The molecular formula is C25H22N2O4S. The van der Waals surface area contributed by atoms with Gasteiger partial charge in [-0.25, -0.2) is 0 Å². The predicted octanol–water partition coefficient (Wildman–Crippen LogP) is 6.04. The van der Waals surface area contributed by atoms with E-state index in [0.717, 1.165) is 22.0 Å². The van der Waals surface area contributed by atoms with E-state index in [4.69, 9.17) is 9.15 Å². The number of rotatable bonds is 6.